The first-order valence-electron chi connectivity index (χ1n) is 19.3. The molecule has 1 unspecified atom stereocenters. The Morgan fingerprint density at radius 2 is 2.00 bits per heavy atom. The molecular weight excluding hydrogens is 619 g/mol. The summed E-state index contributed by atoms with van der Waals surface area (Å²) in [4.78, 5) is 23.9. The largest absolute Gasteiger partial charge is 0.390 e. The summed E-state index contributed by atoms with van der Waals surface area (Å²) in [6.45, 7) is 14.7. The van der Waals surface area contributed by atoms with Crippen LogP contribution in [-0.2, 0) is 9.53 Å². The maximum Gasteiger partial charge on any atom is 0.315 e. The monoisotopic (exact) mass is 683 g/mol. The molecule has 3 amide bonds. The molecule has 5 fully saturated rings. The van der Waals surface area contributed by atoms with E-state index in [4.69, 9.17) is 4.74 Å². The Morgan fingerprint density at radius 3 is 2.81 bits per heavy atom. The number of ether oxygens (including phenoxy) is 1. The summed E-state index contributed by atoms with van der Waals surface area (Å²) in [6, 6.07) is 0.468. The lowest BCUT2D eigenvalue weighted by molar-refractivity contribution is -0.121. The molecule has 8 atom stereocenters. The maximum absolute atomic E-state index is 12.4. The lowest BCUT2D eigenvalue weighted by atomic mass is 9.60. The number of fused-ring (bicyclic) bond motifs is 2. The number of carbonyl (C=O) groups is 2. The highest BCUT2D eigenvalue weighted by Crippen LogP contribution is 2.60. The van der Waals surface area contributed by atoms with Crippen molar-refractivity contribution in [3.8, 4) is 0 Å². The summed E-state index contributed by atoms with van der Waals surface area (Å²) in [5, 5.41) is 19.7. The van der Waals surface area contributed by atoms with Gasteiger partial charge in [-0.1, -0.05) is 63.0 Å². The molecule has 7 nitrogen and oxygen atoms in total. The van der Waals surface area contributed by atoms with Gasteiger partial charge in [0.1, 0.15) is 0 Å². The van der Waals surface area contributed by atoms with Crippen LogP contribution in [0.1, 0.15) is 130 Å². The number of unbranched alkanes of at least 4 members (excludes halogenated alkanes) is 1. The molecule has 4 N–H and O–H groups in total. The Morgan fingerprint density at radius 1 is 1.17 bits per heavy atom. The second-order valence-corrected chi connectivity index (χ2v) is 17.9. The zero-order chi connectivity index (χ0) is 34.3. The molecular formula is C40H65N3O4S. The molecule has 2 heterocycles. The van der Waals surface area contributed by atoms with Gasteiger partial charge in [-0.2, -0.15) is 11.8 Å². The average Bonchev–Trinajstić information content (AvgIpc) is 3.70. The zero-order valence-electron chi connectivity index (χ0n) is 30.4. The van der Waals surface area contributed by atoms with Crippen molar-refractivity contribution in [1.29, 1.82) is 0 Å². The van der Waals surface area contributed by atoms with Gasteiger partial charge in [-0.15, -0.1) is 0 Å². The Bertz CT molecular complexity index is 1190. The topological polar surface area (TPSA) is 99.7 Å². The van der Waals surface area contributed by atoms with E-state index in [9.17, 15) is 14.7 Å². The number of amides is 3. The van der Waals surface area contributed by atoms with Crippen molar-refractivity contribution in [2.24, 2.45) is 23.2 Å². The van der Waals surface area contributed by atoms with E-state index in [1.807, 2.05) is 25.6 Å². The second kappa shape index (κ2) is 17.0. The first-order valence-corrected chi connectivity index (χ1v) is 20.3. The van der Waals surface area contributed by atoms with Crippen molar-refractivity contribution in [3.05, 3.63) is 35.5 Å². The van der Waals surface area contributed by atoms with Gasteiger partial charge in [-0.3, -0.25) is 4.79 Å². The van der Waals surface area contributed by atoms with E-state index in [2.05, 4.69) is 48.5 Å². The molecule has 2 saturated heterocycles. The van der Waals surface area contributed by atoms with Crippen LogP contribution in [0.3, 0.4) is 0 Å². The van der Waals surface area contributed by atoms with Crippen LogP contribution in [0, 0.1) is 23.2 Å². The highest BCUT2D eigenvalue weighted by atomic mass is 32.2. The molecule has 270 valence electrons. The number of urea groups is 1. The summed E-state index contributed by atoms with van der Waals surface area (Å²) < 4.78 is 6.30. The number of aliphatic hydroxyl groups is 1. The third-order valence-corrected chi connectivity index (χ3v) is 13.9. The molecule has 0 aromatic heterocycles. The summed E-state index contributed by atoms with van der Waals surface area (Å²) in [6.07, 6.45) is 22.1. The molecule has 5 rings (SSSR count). The molecule has 3 aliphatic carbocycles. The Kier molecular flexibility index (Phi) is 13.2. The van der Waals surface area contributed by atoms with Gasteiger partial charge >= 0.3 is 6.03 Å². The van der Waals surface area contributed by atoms with Crippen molar-refractivity contribution >= 4 is 23.7 Å². The molecule has 0 bridgehead atoms. The van der Waals surface area contributed by atoms with Crippen molar-refractivity contribution in [3.63, 3.8) is 0 Å². The number of rotatable bonds is 16. The molecule has 0 aromatic rings. The molecule has 0 radical (unpaired) electrons. The van der Waals surface area contributed by atoms with E-state index < -0.39 is 5.60 Å². The van der Waals surface area contributed by atoms with E-state index in [0.717, 1.165) is 69.5 Å². The Hall–Kier alpha value is -1.77. The van der Waals surface area contributed by atoms with Crippen LogP contribution >= 0.6 is 11.8 Å². The number of nitrogens with one attached hydrogen (secondary N) is 3. The van der Waals surface area contributed by atoms with Crippen molar-refractivity contribution in [2.75, 3.05) is 18.9 Å². The standard InChI is InChI=1S/C40H65N3O4S/c1-27-15-18-31(47-24-10-23-41-36(44)14-7-6-13-35-37-34(26-48-35)42-38(45)43-37)25-30(27)17-16-29-12-9-22-40(5)32(19-20-33(29)40)28(2)11-8-21-39(3,4)46/h16-17,28,31-35,37,46H,1,6-15,18-26H2,2-5H3,(H,41,44)(H2,42,43,45)/b29-16+,30-17-/t28-,31+,32+,33?,34+,35-,37+,40-/m1/s1. The molecule has 3 saturated carbocycles. The fraction of sp³-hybridized carbons (Fsp3) is 0.800. The molecule has 5 aliphatic rings. The quantitative estimate of drug-likeness (QED) is 0.0977. The van der Waals surface area contributed by atoms with Crippen molar-refractivity contribution in [2.45, 2.75) is 159 Å². The van der Waals surface area contributed by atoms with Gasteiger partial charge < -0.3 is 25.8 Å². The molecule has 0 aromatic carbocycles. The first-order chi connectivity index (χ1) is 22.9. The fourth-order valence-corrected chi connectivity index (χ4v) is 11.3. The van der Waals surface area contributed by atoms with Gasteiger partial charge in [0.25, 0.3) is 0 Å². The lowest BCUT2D eigenvalue weighted by Crippen LogP contribution is -2.36. The van der Waals surface area contributed by atoms with E-state index in [1.54, 1.807) is 5.57 Å². The van der Waals surface area contributed by atoms with Gasteiger partial charge in [0.15, 0.2) is 0 Å². The van der Waals surface area contributed by atoms with Crippen LogP contribution in [-0.4, -0.2) is 65.0 Å². The average molecular weight is 684 g/mol. The first kappa shape index (κ1) is 37.5. The van der Waals surface area contributed by atoms with E-state index in [0.29, 0.717) is 42.1 Å². The van der Waals surface area contributed by atoms with E-state index in [1.165, 1.54) is 49.7 Å². The Labute approximate surface area is 295 Å². The normalized spacial score (nSPS) is 34.2. The van der Waals surface area contributed by atoms with Crippen molar-refractivity contribution < 1.29 is 19.4 Å². The highest BCUT2D eigenvalue weighted by molar-refractivity contribution is 8.00. The lowest BCUT2D eigenvalue weighted by Gasteiger charge is -2.44. The van der Waals surface area contributed by atoms with Gasteiger partial charge in [-0.05, 0) is 120 Å². The predicted octanol–water partition coefficient (Wildman–Crippen LogP) is 7.99. The number of allylic oxidation sites excluding steroid dienone is 4. The van der Waals surface area contributed by atoms with Crippen LogP contribution < -0.4 is 16.0 Å². The minimum Gasteiger partial charge on any atom is -0.390 e. The summed E-state index contributed by atoms with van der Waals surface area (Å²) in [5.41, 5.74) is 4.11. The predicted molar refractivity (Wildman–Crippen MR) is 198 cm³/mol. The third kappa shape index (κ3) is 9.93. The van der Waals surface area contributed by atoms with Crippen LogP contribution in [0.25, 0.3) is 0 Å². The van der Waals surface area contributed by atoms with Crippen molar-refractivity contribution in [1.82, 2.24) is 16.0 Å². The molecule has 48 heavy (non-hydrogen) atoms. The zero-order valence-corrected chi connectivity index (χ0v) is 31.2. The van der Waals surface area contributed by atoms with Gasteiger partial charge in [0, 0.05) is 30.6 Å². The van der Waals surface area contributed by atoms with Gasteiger partial charge in [0.05, 0.1) is 23.8 Å². The molecule has 0 spiro atoms. The smallest absolute Gasteiger partial charge is 0.315 e. The maximum atomic E-state index is 12.4. The summed E-state index contributed by atoms with van der Waals surface area (Å²) in [7, 11) is 0. The van der Waals surface area contributed by atoms with Crippen LogP contribution in [0.15, 0.2) is 35.5 Å². The fourth-order valence-electron chi connectivity index (χ4n) is 9.71. The van der Waals surface area contributed by atoms with Gasteiger partial charge in [-0.25, -0.2) is 4.79 Å². The molecule has 8 heteroatoms. The Balaban J connectivity index is 0.991. The number of hydrogen-bond acceptors (Lipinski definition) is 5. The second-order valence-electron chi connectivity index (χ2n) is 16.6. The van der Waals surface area contributed by atoms with Crippen LogP contribution in [0.4, 0.5) is 4.79 Å². The van der Waals surface area contributed by atoms with Crippen LogP contribution in [0.2, 0.25) is 0 Å². The number of carbonyl (C=O) groups excluding carboxylic acids is 2. The van der Waals surface area contributed by atoms with Gasteiger partial charge in [0.2, 0.25) is 5.91 Å². The van der Waals surface area contributed by atoms with Crippen LogP contribution in [0.5, 0.6) is 0 Å². The van der Waals surface area contributed by atoms with E-state index in [-0.39, 0.29) is 30.1 Å². The number of hydrogen-bond donors (Lipinski definition) is 4. The highest BCUT2D eigenvalue weighted by Gasteiger charge is 2.50. The third-order valence-electron chi connectivity index (χ3n) is 12.4. The number of thioether (sulfide) groups is 1. The molecule has 2 aliphatic heterocycles. The minimum atomic E-state index is -0.558. The summed E-state index contributed by atoms with van der Waals surface area (Å²) >= 11 is 1.93. The SMILES string of the molecule is C=C1CC[C@H](OCCCNC(=O)CCCC[C@H]2SC[C@@H]3NC(=O)N[C@@H]32)C/C1=C/C=C1\CCC[C@@]2(C)C1CC[C@H]2[C@H](C)CCCC(C)(C)O. The minimum absolute atomic E-state index is 0.0385. The summed E-state index contributed by atoms with van der Waals surface area (Å²) in [5.74, 6) is 3.28. The van der Waals surface area contributed by atoms with E-state index >= 15 is 0 Å².